The van der Waals surface area contributed by atoms with Crippen LogP contribution >= 0.6 is 0 Å². The van der Waals surface area contributed by atoms with Gasteiger partial charge in [-0.3, -0.25) is 9.59 Å². The lowest BCUT2D eigenvalue weighted by Gasteiger charge is -2.56. The zero-order valence-electron chi connectivity index (χ0n) is 19.8. The summed E-state index contributed by atoms with van der Waals surface area (Å²) in [7, 11) is 0. The van der Waals surface area contributed by atoms with Crippen LogP contribution in [0.3, 0.4) is 0 Å². The smallest absolute Gasteiger partial charge is 0.251 e. The number of rotatable bonds is 6. The summed E-state index contributed by atoms with van der Waals surface area (Å²) in [6.07, 6.45) is 3.30. The van der Waals surface area contributed by atoms with Crippen molar-refractivity contribution in [2.75, 3.05) is 13.1 Å². The van der Waals surface area contributed by atoms with E-state index in [1.807, 2.05) is 56.0 Å². The van der Waals surface area contributed by atoms with Gasteiger partial charge >= 0.3 is 0 Å². The van der Waals surface area contributed by atoms with Crippen LogP contribution in [-0.2, 0) is 4.79 Å². The van der Waals surface area contributed by atoms with Crippen LogP contribution in [0, 0.1) is 29.1 Å². The normalized spacial score (nSPS) is 33.8. The van der Waals surface area contributed by atoms with E-state index < -0.39 is 6.10 Å². The molecule has 2 aliphatic carbocycles. The molecule has 0 aliphatic heterocycles. The molecule has 0 saturated heterocycles. The predicted molar refractivity (Wildman–Crippen MR) is 124 cm³/mol. The van der Waals surface area contributed by atoms with E-state index in [0.717, 1.165) is 25.7 Å². The second kappa shape index (κ2) is 9.72. The van der Waals surface area contributed by atoms with Crippen LogP contribution in [0.25, 0.3) is 0 Å². The minimum absolute atomic E-state index is 0.0304. The number of aliphatic hydroxyl groups excluding tert-OH is 1. The molecule has 3 rings (SSSR count). The Labute approximate surface area is 187 Å². The Balaban J connectivity index is 1.75. The first-order valence-corrected chi connectivity index (χ1v) is 12.1. The van der Waals surface area contributed by atoms with E-state index in [1.54, 1.807) is 0 Å². The summed E-state index contributed by atoms with van der Waals surface area (Å²) in [6.45, 7) is 11.9. The topological polar surface area (TPSA) is 69.6 Å². The summed E-state index contributed by atoms with van der Waals surface area (Å²) >= 11 is 0. The summed E-state index contributed by atoms with van der Waals surface area (Å²) in [5.74, 6) is 0.110. The number of aliphatic hydroxyl groups is 1. The Bertz CT molecular complexity index is 763. The third-order valence-electron chi connectivity index (χ3n) is 8.35. The molecule has 7 atom stereocenters. The molecule has 2 saturated carbocycles. The van der Waals surface area contributed by atoms with Crippen LogP contribution < -0.4 is 5.32 Å². The number of nitrogens with zero attached hydrogens (tertiary/aromatic N) is 1. The quantitative estimate of drug-likeness (QED) is 0.716. The van der Waals surface area contributed by atoms with Gasteiger partial charge in [0.15, 0.2) is 0 Å². The van der Waals surface area contributed by atoms with Gasteiger partial charge in [-0.05, 0) is 74.8 Å². The molecule has 0 bridgehead atoms. The number of benzene rings is 1. The summed E-state index contributed by atoms with van der Waals surface area (Å²) in [5, 5.41) is 14.8. The Morgan fingerprint density at radius 3 is 2.39 bits per heavy atom. The molecular weight excluding hydrogens is 388 g/mol. The fraction of sp³-hybridized carbons (Fsp3) is 0.692. The number of amides is 2. The second-order valence-electron chi connectivity index (χ2n) is 10.0. The van der Waals surface area contributed by atoms with Gasteiger partial charge in [0.2, 0.25) is 5.91 Å². The van der Waals surface area contributed by atoms with E-state index >= 15 is 0 Å². The van der Waals surface area contributed by atoms with E-state index in [4.69, 9.17) is 0 Å². The van der Waals surface area contributed by atoms with E-state index in [-0.39, 0.29) is 46.9 Å². The third kappa shape index (κ3) is 4.67. The number of carbonyl (C=O) groups is 2. The van der Waals surface area contributed by atoms with Gasteiger partial charge in [0.05, 0.1) is 6.10 Å². The highest BCUT2D eigenvalue weighted by molar-refractivity contribution is 5.94. The van der Waals surface area contributed by atoms with Gasteiger partial charge in [0, 0.05) is 30.6 Å². The largest absolute Gasteiger partial charge is 0.392 e. The first kappa shape index (κ1) is 23.8. The lowest BCUT2D eigenvalue weighted by molar-refractivity contribution is -0.149. The molecule has 31 heavy (non-hydrogen) atoms. The minimum Gasteiger partial charge on any atom is -0.392 e. The van der Waals surface area contributed by atoms with Crippen LogP contribution in [0.4, 0.5) is 0 Å². The highest BCUT2D eigenvalue weighted by Gasteiger charge is 2.54. The molecule has 2 aliphatic rings. The van der Waals surface area contributed by atoms with E-state index in [9.17, 15) is 14.7 Å². The van der Waals surface area contributed by atoms with Crippen molar-refractivity contribution in [2.24, 2.45) is 29.1 Å². The summed E-state index contributed by atoms with van der Waals surface area (Å²) < 4.78 is 0. The number of hydrogen-bond donors (Lipinski definition) is 2. The molecule has 0 heterocycles. The lowest BCUT2D eigenvalue weighted by atomic mass is 9.51. The molecule has 2 fully saturated rings. The Hall–Kier alpha value is -1.88. The van der Waals surface area contributed by atoms with Crippen molar-refractivity contribution in [3.05, 3.63) is 35.9 Å². The molecule has 1 aromatic rings. The van der Waals surface area contributed by atoms with Gasteiger partial charge in [0.25, 0.3) is 5.91 Å². The average Bonchev–Trinajstić information content (AvgIpc) is 2.76. The fourth-order valence-corrected chi connectivity index (χ4v) is 6.35. The van der Waals surface area contributed by atoms with Crippen molar-refractivity contribution < 1.29 is 14.7 Å². The third-order valence-corrected chi connectivity index (χ3v) is 8.35. The molecule has 5 heteroatoms. The van der Waals surface area contributed by atoms with Crippen LogP contribution in [0.1, 0.15) is 70.7 Å². The molecule has 2 N–H and O–H groups in total. The van der Waals surface area contributed by atoms with Gasteiger partial charge < -0.3 is 15.3 Å². The number of carbonyl (C=O) groups excluding carboxylic acids is 2. The molecule has 1 unspecified atom stereocenters. The van der Waals surface area contributed by atoms with Gasteiger partial charge in [-0.15, -0.1) is 0 Å². The number of nitrogens with one attached hydrogen (secondary N) is 1. The first-order chi connectivity index (χ1) is 14.7. The highest BCUT2D eigenvalue weighted by Crippen LogP contribution is 2.55. The molecule has 5 nitrogen and oxygen atoms in total. The van der Waals surface area contributed by atoms with Crippen molar-refractivity contribution in [1.82, 2.24) is 10.2 Å². The predicted octanol–water partition coefficient (Wildman–Crippen LogP) is 4.11. The second-order valence-corrected chi connectivity index (χ2v) is 10.0. The molecule has 1 aromatic carbocycles. The lowest BCUT2D eigenvalue weighted by Crippen LogP contribution is -2.58. The zero-order chi connectivity index (χ0) is 22.8. The van der Waals surface area contributed by atoms with Crippen molar-refractivity contribution >= 4 is 11.8 Å². The summed E-state index contributed by atoms with van der Waals surface area (Å²) in [6, 6.07) is 9.36. The minimum atomic E-state index is -0.528. The van der Waals surface area contributed by atoms with E-state index in [0.29, 0.717) is 18.7 Å². The maximum Gasteiger partial charge on any atom is 0.251 e. The van der Waals surface area contributed by atoms with Gasteiger partial charge in [-0.2, -0.15) is 0 Å². The molecule has 172 valence electrons. The monoisotopic (exact) mass is 428 g/mol. The molecule has 0 spiro atoms. The Morgan fingerprint density at radius 2 is 1.77 bits per heavy atom. The van der Waals surface area contributed by atoms with E-state index in [1.165, 1.54) is 0 Å². The maximum atomic E-state index is 13.0. The van der Waals surface area contributed by atoms with E-state index in [2.05, 4.69) is 19.2 Å². The number of fused-ring (bicyclic) bond motifs is 1. The average molecular weight is 429 g/mol. The number of hydrogen-bond acceptors (Lipinski definition) is 3. The van der Waals surface area contributed by atoms with Gasteiger partial charge in [-0.1, -0.05) is 39.0 Å². The van der Waals surface area contributed by atoms with Crippen molar-refractivity contribution in [1.29, 1.82) is 0 Å². The Morgan fingerprint density at radius 1 is 1.16 bits per heavy atom. The summed E-state index contributed by atoms with van der Waals surface area (Å²) in [4.78, 5) is 27.6. The van der Waals surface area contributed by atoms with Crippen molar-refractivity contribution in [3.63, 3.8) is 0 Å². The van der Waals surface area contributed by atoms with Crippen molar-refractivity contribution in [2.45, 2.75) is 72.4 Å². The molecule has 0 radical (unpaired) electrons. The highest BCUT2D eigenvalue weighted by atomic mass is 16.3. The maximum absolute atomic E-state index is 13.0. The van der Waals surface area contributed by atoms with Crippen LogP contribution in [0.15, 0.2) is 30.3 Å². The van der Waals surface area contributed by atoms with Gasteiger partial charge in [0.1, 0.15) is 0 Å². The van der Waals surface area contributed by atoms with Crippen LogP contribution in [-0.4, -0.2) is 47.1 Å². The van der Waals surface area contributed by atoms with Crippen molar-refractivity contribution in [3.8, 4) is 0 Å². The van der Waals surface area contributed by atoms with Crippen LogP contribution in [0.2, 0.25) is 0 Å². The van der Waals surface area contributed by atoms with Crippen LogP contribution in [0.5, 0.6) is 0 Å². The zero-order valence-corrected chi connectivity index (χ0v) is 19.8. The fourth-order valence-electron chi connectivity index (χ4n) is 6.35. The molecular formula is C26H40N2O3. The Kier molecular flexibility index (Phi) is 7.46. The first-order valence-electron chi connectivity index (χ1n) is 12.1. The SMILES string of the molecule is CCN(CC)C(=O)C(C)[C@@H]1CC[C@@]2(C)CC[C@H](NC(=O)c3ccccc3)[C@@H](C)[C@@H]2[C@H]1O. The molecule has 0 aromatic heterocycles. The standard InChI is InChI=1S/C26H40N2O3/c1-6-28(7-2)25(31)17(3)20-13-15-26(5)16-14-21(18(4)22(26)23(20)29)27-24(30)19-11-9-8-10-12-19/h8-12,17-18,20-23,29H,6-7,13-16H2,1-5H3,(H,27,30)/t17?,18-,20+,21+,22-,23+,26+/m1/s1. The van der Waals surface area contributed by atoms with Gasteiger partial charge in [-0.25, -0.2) is 0 Å². The molecule has 2 amide bonds. The summed E-state index contributed by atoms with van der Waals surface area (Å²) in [5.41, 5.74) is 0.727.